The molecule has 1 amide bonds. The van der Waals surface area contributed by atoms with Gasteiger partial charge < -0.3 is 14.5 Å². The lowest BCUT2D eigenvalue weighted by Gasteiger charge is -2.18. The lowest BCUT2D eigenvalue weighted by Crippen LogP contribution is -2.16. The van der Waals surface area contributed by atoms with E-state index >= 15 is 0 Å². The van der Waals surface area contributed by atoms with Crippen LogP contribution in [-0.4, -0.2) is 18.5 Å². The van der Waals surface area contributed by atoms with Crippen molar-refractivity contribution in [3.63, 3.8) is 0 Å². The highest BCUT2D eigenvalue weighted by atomic mass is 32.1. The van der Waals surface area contributed by atoms with Crippen LogP contribution in [0.5, 0.6) is 0 Å². The highest BCUT2D eigenvalue weighted by Crippen LogP contribution is 2.40. The van der Waals surface area contributed by atoms with Gasteiger partial charge in [0.2, 0.25) is 5.91 Å². The molecule has 162 valence electrons. The Morgan fingerprint density at radius 2 is 2.00 bits per heavy atom. The van der Waals surface area contributed by atoms with Crippen LogP contribution < -0.4 is 5.32 Å². The number of rotatable bonds is 7. The van der Waals surface area contributed by atoms with E-state index in [1.54, 1.807) is 6.92 Å². The quantitative estimate of drug-likeness (QED) is 0.469. The van der Waals surface area contributed by atoms with Crippen LogP contribution in [0.4, 0.5) is 5.00 Å². The molecule has 2 heterocycles. The molecule has 1 aromatic carbocycles. The monoisotopic (exact) mass is 437 g/mol. The fourth-order valence-corrected chi connectivity index (χ4v) is 5.37. The molecule has 5 nitrogen and oxygen atoms in total. The van der Waals surface area contributed by atoms with Crippen molar-refractivity contribution in [3.05, 3.63) is 64.2 Å². The van der Waals surface area contributed by atoms with Gasteiger partial charge in [-0.15, -0.1) is 11.3 Å². The Morgan fingerprint density at radius 1 is 1.19 bits per heavy atom. The van der Waals surface area contributed by atoms with Crippen molar-refractivity contribution >= 4 is 28.2 Å². The van der Waals surface area contributed by atoms with Crippen molar-refractivity contribution in [1.82, 2.24) is 0 Å². The van der Waals surface area contributed by atoms with E-state index in [0.717, 1.165) is 41.9 Å². The number of anilines is 1. The normalized spacial score (nSPS) is 15.4. The summed E-state index contributed by atoms with van der Waals surface area (Å²) in [5.74, 6) is 1.67. The third-order valence-corrected chi connectivity index (χ3v) is 6.73. The summed E-state index contributed by atoms with van der Waals surface area (Å²) in [5, 5.41) is 3.59. The minimum Gasteiger partial charge on any atom is -0.462 e. The highest BCUT2D eigenvalue weighted by molar-refractivity contribution is 7.17. The maximum absolute atomic E-state index is 12.7. The number of amides is 1. The minimum atomic E-state index is -0.344. The number of carbonyl (C=O) groups is 2. The molecular weight excluding hydrogens is 410 g/mol. The van der Waals surface area contributed by atoms with Gasteiger partial charge in [0.15, 0.2) is 0 Å². The van der Waals surface area contributed by atoms with Crippen molar-refractivity contribution < 1.29 is 18.7 Å². The van der Waals surface area contributed by atoms with Crippen molar-refractivity contribution in [2.75, 3.05) is 11.9 Å². The summed E-state index contributed by atoms with van der Waals surface area (Å²) in [6, 6.07) is 13.7. The van der Waals surface area contributed by atoms with E-state index in [1.165, 1.54) is 16.2 Å². The third kappa shape index (κ3) is 4.90. The van der Waals surface area contributed by atoms with Crippen molar-refractivity contribution in [3.8, 4) is 11.3 Å². The zero-order chi connectivity index (χ0) is 21.8. The summed E-state index contributed by atoms with van der Waals surface area (Å²) < 4.78 is 11.2. The Labute approximate surface area is 186 Å². The molecule has 0 saturated carbocycles. The average molecular weight is 438 g/mol. The molecule has 1 aliphatic carbocycles. The van der Waals surface area contributed by atoms with Crippen LogP contribution in [-0.2, 0) is 28.8 Å². The second kappa shape index (κ2) is 9.52. The lowest BCUT2D eigenvalue weighted by atomic mass is 9.88. The number of esters is 1. The molecule has 31 heavy (non-hydrogen) atoms. The molecule has 0 unspecified atom stereocenters. The summed E-state index contributed by atoms with van der Waals surface area (Å²) in [6.45, 7) is 4.33. The number of hydrogen-bond acceptors (Lipinski definition) is 5. The Bertz CT molecular complexity index is 1070. The molecule has 0 saturated heterocycles. The van der Waals surface area contributed by atoms with E-state index in [0.29, 0.717) is 29.5 Å². The van der Waals surface area contributed by atoms with Gasteiger partial charge in [-0.25, -0.2) is 4.79 Å². The van der Waals surface area contributed by atoms with Gasteiger partial charge in [-0.05, 0) is 49.8 Å². The lowest BCUT2D eigenvalue weighted by molar-refractivity contribution is -0.116. The van der Waals surface area contributed by atoms with Crippen LogP contribution in [0, 0.1) is 5.92 Å². The molecule has 0 spiro atoms. The van der Waals surface area contributed by atoms with Crippen LogP contribution in [0.3, 0.4) is 0 Å². The summed E-state index contributed by atoms with van der Waals surface area (Å²) >= 11 is 1.52. The summed E-state index contributed by atoms with van der Waals surface area (Å²) in [5.41, 5.74) is 2.61. The molecule has 0 aliphatic heterocycles. The number of furan rings is 1. The highest BCUT2D eigenvalue weighted by Gasteiger charge is 2.29. The van der Waals surface area contributed by atoms with Crippen LogP contribution in [0.25, 0.3) is 11.3 Å². The maximum Gasteiger partial charge on any atom is 0.341 e. The van der Waals surface area contributed by atoms with E-state index in [2.05, 4.69) is 12.2 Å². The average Bonchev–Trinajstić information content (AvgIpc) is 3.37. The number of hydrogen-bond donors (Lipinski definition) is 1. The number of thiophene rings is 1. The largest absolute Gasteiger partial charge is 0.462 e. The number of aryl methyl sites for hydroxylation is 1. The van der Waals surface area contributed by atoms with Crippen LogP contribution in [0.2, 0.25) is 0 Å². The predicted octanol–water partition coefficient (Wildman–Crippen LogP) is 5.88. The van der Waals surface area contributed by atoms with Crippen LogP contribution in [0.1, 0.15) is 53.2 Å². The fraction of sp³-hybridized carbons (Fsp3) is 0.360. The van der Waals surface area contributed by atoms with Crippen molar-refractivity contribution in [2.24, 2.45) is 5.92 Å². The van der Waals surface area contributed by atoms with E-state index < -0.39 is 0 Å². The predicted molar refractivity (Wildman–Crippen MR) is 123 cm³/mol. The first-order valence-corrected chi connectivity index (χ1v) is 11.6. The second-order valence-electron chi connectivity index (χ2n) is 7.96. The summed E-state index contributed by atoms with van der Waals surface area (Å²) in [4.78, 5) is 26.5. The standard InChI is InChI=1S/C25H27NO4S/c1-3-29-25(28)23-19-12-9-16(2)15-21(19)31-24(23)26-22(27)14-11-18-10-13-20(30-18)17-7-5-4-6-8-17/h4-8,10,13,16H,3,9,11-12,14-15H2,1-2H3,(H,26,27)/t16-/m1/s1. The molecule has 0 bridgehead atoms. The van der Waals surface area contributed by atoms with Gasteiger partial charge >= 0.3 is 5.97 Å². The Balaban J connectivity index is 1.44. The van der Waals surface area contributed by atoms with Crippen molar-refractivity contribution in [1.29, 1.82) is 0 Å². The maximum atomic E-state index is 12.7. The molecule has 1 aliphatic rings. The molecule has 3 aromatic rings. The molecule has 6 heteroatoms. The number of benzene rings is 1. The van der Waals surface area contributed by atoms with Gasteiger partial charge in [0, 0.05) is 23.3 Å². The van der Waals surface area contributed by atoms with Gasteiger partial charge in [0.05, 0.1) is 12.2 Å². The van der Waals surface area contributed by atoms with Crippen LogP contribution >= 0.6 is 11.3 Å². The van der Waals surface area contributed by atoms with Crippen LogP contribution in [0.15, 0.2) is 46.9 Å². The Morgan fingerprint density at radius 3 is 2.77 bits per heavy atom. The minimum absolute atomic E-state index is 0.130. The SMILES string of the molecule is CCOC(=O)c1c(NC(=O)CCc2ccc(-c3ccccc3)o2)sc2c1CC[C@@H](C)C2. The van der Waals surface area contributed by atoms with E-state index in [9.17, 15) is 9.59 Å². The van der Waals surface area contributed by atoms with Gasteiger partial charge in [-0.2, -0.15) is 0 Å². The first-order valence-electron chi connectivity index (χ1n) is 10.8. The van der Waals surface area contributed by atoms with E-state index in [-0.39, 0.29) is 18.3 Å². The second-order valence-corrected chi connectivity index (χ2v) is 9.06. The first-order chi connectivity index (χ1) is 15.0. The Kier molecular flexibility index (Phi) is 6.56. The zero-order valence-corrected chi connectivity index (χ0v) is 18.7. The van der Waals surface area contributed by atoms with Gasteiger partial charge in [-0.3, -0.25) is 4.79 Å². The number of fused-ring (bicyclic) bond motifs is 1. The van der Waals surface area contributed by atoms with Crippen molar-refractivity contribution in [2.45, 2.75) is 46.0 Å². The van der Waals surface area contributed by atoms with E-state index in [4.69, 9.17) is 9.15 Å². The molecule has 2 aromatic heterocycles. The number of ether oxygens (including phenoxy) is 1. The smallest absolute Gasteiger partial charge is 0.341 e. The molecule has 1 N–H and O–H groups in total. The first kappa shape index (κ1) is 21.4. The molecule has 4 rings (SSSR count). The summed E-state index contributed by atoms with van der Waals surface area (Å²) in [6.07, 6.45) is 3.62. The van der Waals surface area contributed by atoms with Gasteiger partial charge in [0.25, 0.3) is 0 Å². The van der Waals surface area contributed by atoms with E-state index in [1.807, 2.05) is 42.5 Å². The summed E-state index contributed by atoms with van der Waals surface area (Å²) in [7, 11) is 0. The molecule has 0 fully saturated rings. The molecular formula is C25H27NO4S. The van der Waals surface area contributed by atoms with Gasteiger partial charge in [-0.1, -0.05) is 37.3 Å². The molecule has 0 radical (unpaired) electrons. The number of nitrogens with one attached hydrogen (secondary N) is 1. The Hall–Kier alpha value is -2.86. The zero-order valence-electron chi connectivity index (χ0n) is 17.9. The molecule has 1 atom stereocenters. The topological polar surface area (TPSA) is 68.5 Å². The van der Waals surface area contributed by atoms with Gasteiger partial charge in [0.1, 0.15) is 16.5 Å². The fourth-order valence-electron chi connectivity index (χ4n) is 3.95. The third-order valence-electron chi connectivity index (χ3n) is 5.56. The number of carbonyl (C=O) groups excluding carboxylic acids is 2.